The summed E-state index contributed by atoms with van der Waals surface area (Å²) in [5.74, 6) is 1.10. The van der Waals surface area contributed by atoms with E-state index >= 15 is 0 Å². The van der Waals surface area contributed by atoms with E-state index in [0.717, 1.165) is 29.5 Å². The van der Waals surface area contributed by atoms with Crippen molar-refractivity contribution < 1.29 is 4.79 Å². The predicted molar refractivity (Wildman–Crippen MR) is 94.9 cm³/mol. The Balaban J connectivity index is 1.74. The molecular weight excluding hydrogens is 322 g/mol. The molecule has 0 aliphatic rings. The first-order chi connectivity index (χ1) is 11.8. The summed E-state index contributed by atoms with van der Waals surface area (Å²) in [6, 6.07) is 13.7. The molecule has 2 aromatic heterocycles. The lowest BCUT2D eigenvalue weighted by Crippen LogP contribution is -2.23. The first-order valence-corrected chi connectivity index (χ1v) is 8.82. The smallest absolute Gasteiger partial charge is 0.249 e. The Morgan fingerprint density at radius 3 is 2.58 bits per heavy atom. The summed E-state index contributed by atoms with van der Waals surface area (Å²) in [6.07, 6.45) is 5.41. The van der Waals surface area contributed by atoms with Crippen LogP contribution in [0.1, 0.15) is 19.2 Å². The van der Waals surface area contributed by atoms with Gasteiger partial charge in [0.15, 0.2) is 5.16 Å². The highest BCUT2D eigenvalue weighted by molar-refractivity contribution is 7.99. The van der Waals surface area contributed by atoms with E-state index in [2.05, 4.69) is 22.5 Å². The molecule has 2 heterocycles. The van der Waals surface area contributed by atoms with Crippen molar-refractivity contribution in [2.45, 2.75) is 24.9 Å². The Labute approximate surface area is 144 Å². The maximum atomic E-state index is 12.1. The van der Waals surface area contributed by atoms with Gasteiger partial charge in [0.1, 0.15) is 5.82 Å². The fourth-order valence-corrected chi connectivity index (χ4v) is 3.09. The molecule has 0 fully saturated rings. The lowest BCUT2D eigenvalue weighted by molar-refractivity contribution is -0.114. The van der Waals surface area contributed by atoms with Crippen molar-refractivity contribution in [3.8, 4) is 5.69 Å². The van der Waals surface area contributed by atoms with Crippen LogP contribution in [0, 0.1) is 0 Å². The number of thioether (sulfide) groups is 1. The summed E-state index contributed by atoms with van der Waals surface area (Å²) in [5.41, 5.74) is 3.80. The predicted octanol–water partition coefficient (Wildman–Crippen LogP) is 2.88. The summed E-state index contributed by atoms with van der Waals surface area (Å²) in [7, 11) is 0. The quantitative estimate of drug-likeness (QED) is 0.671. The molecule has 1 aromatic carbocycles. The van der Waals surface area contributed by atoms with Gasteiger partial charge >= 0.3 is 0 Å². The van der Waals surface area contributed by atoms with Gasteiger partial charge in [-0.3, -0.25) is 19.5 Å². The average Bonchev–Trinajstić information content (AvgIpc) is 3.24. The van der Waals surface area contributed by atoms with Gasteiger partial charge in [0.25, 0.3) is 0 Å². The third-order valence-corrected chi connectivity index (χ3v) is 4.31. The number of carbonyl (C=O) groups is 1. The van der Waals surface area contributed by atoms with Crippen LogP contribution in [0.3, 0.4) is 0 Å². The summed E-state index contributed by atoms with van der Waals surface area (Å²) in [6.45, 7) is 2.11. The Morgan fingerprint density at radius 1 is 1.12 bits per heavy atom. The number of rotatable bonds is 7. The number of benzene rings is 1. The highest BCUT2D eigenvalue weighted by Gasteiger charge is 2.15. The van der Waals surface area contributed by atoms with Gasteiger partial charge in [-0.15, -0.1) is 10.2 Å². The van der Waals surface area contributed by atoms with Crippen LogP contribution in [0.25, 0.3) is 5.69 Å². The molecule has 1 amide bonds. The van der Waals surface area contributed by atoms with Crippen molar-refractivity contribution in [2.75, 3.05) is 11.2 Å². The van der Waals surface area contributed by atoms with Crippen LogP contribution < -0.4 is 5.43 Å². The van der Waals surface area contributed by atoms with E-state index in [1.165, 1.54) is 11.8 Å². The van der Waals surface area contributed by atoms with E-state index in [1.807, 2.05) is 47.0 Å². The number of nitrogens with zero attached hydrogens (tertiary/aromatic N) is 4. The monoisotopic (exact) mass is 341 g/mol. The number of hydrogen-bond donors (Lipinski definition) is 1. The molecule has 0 saturated heterocycles. The van der Waals surface area contributed by atoms with Crippen molar-refractivity contribution >= 4 is 17.7 Å². The largest absolute Gasteiger partial charge is 0.274 e. The molecule has 124 valence electrons. The number of amides is 1. The SMILES string of the molecule is CCCc1nnc(SCC(=O)Nn2cccc2)n1-c1ccccc1. The molecule has 0 unspecified atom stereocenters. The zero-order chi connectivity index (χ0) is 16.8. The lowest BCUT2D eigenvalue weighted by atomic mass is 10.3. The second-order valence-corrected chi connectivity index (χ2v) is 6.18. The molecule has 0 bridgehead atoms. The van der Waals surface area contributed by atoms with E-state index in [-0.39, 0.29) is 11.7 Å². The molecule has 0 saturated carbocycles. The van der Waals surface area contributed by atoms with E-state index in [1.54, 1.807) is 17.1 Å². The molecule has 1 N–H and O–H groups in total. The van der Waals surface area contributed by atoms with Crippen molar-refractivity contribution in [3.05, 3.63) is 60.7 Å². The minimum absolute atomic E-state index is 0.0872. The topological polar surface area (TPSA) is 64.7 Å². The van der Waals surface area contributed by atoms with Crippen LogP contribution in [0.5, 0.6) is 0 Å². The van der Waals surface area contributed by atoms with Gasteiger partial charge in [0.2, 0.25) is 5.91 Å². The number of aryl methyl sites for hydroxylation is 1. The molecule has 0 aliphatic carbocycles. The van der Waals surface area contributed by atoms with Gasteiger partial charge in [-0.25, -0.2) is 0 Å². The number of para-hydroxylation sites is 1. The molecule has 0 atom stereocenters. The van der Waals surface area contributed by atoms with Crippen molar-refractivity contribution in [2.24, 2.45) is 0 Å². The summed E-state index contributed by atoms with van der Waals surface area (Å²) in [4.78, 5) is 12.1. The molecular formula is C17H19N5OS. The Kier molecular flexibility index (Phi) is 5.32. The van der Waals surface area contributed by atoms with E-state index in [4.69, 9.17) is 0 Å². The van der Waals surface area contributed by atoms with Gasteiger partial charge in [-0.2, -0.15) is 0 Å². The number of aromatic nitrogens is 4. The first kappa shape index (κ1) is 16.3. The number of hydrogen-bond acceptors (Lipinski definition) is 4. The van der Waals surface area contributed by atoms with E-state index in [0.29, 0.717) is 0 Å². The second kappa shape index (κ2) is 7.83. The Morgan fingerprint density at radius 2 is 1.88 bits per heavy atom. The van der Waals surface area contributed by atoms with Gasteiger partial charge in [0, 0.05) is 24.5 Å². The number of carbonyl (C=O) groups excluding carboxylic acids is 1. The summed E-state index contributed by atoms with van der Waals surface area (Å²) >= 11 is 1.38. The molecule has 3 aromatic rings. The van der Waals surface area contributed by atoms with E-state index in [9.17, 15) is 4.79 Å². The third kappa shape index (κ3) is 3.86. The van der Waals surface area contributed by atoms with E-state index < -0.39 is 0 Å². The highest BCUT2D eigenvalue weighted by atomic mass is 32.2. The second-order valence-electron chi connectivity index (χ2n) is 5.23. The highest BCUT2D eigenvalue weighted by Crippen LogP contribution is 2.22. The van der Waals surface area contributed by atoms with Crippen molar-refractivity contribution in [1.29, 1.82) is 0 Å². The zero-order valence-electron chi connectivity index (χ0n) is 13.4. The van der Waals surface area contributed by atoms with Crippen LogP contribution in [0.15, 0.2) is 60.0 Å². The molecule has 0 spiro atoms. The summed E-state index contributed by atoms with van der Waals surface area (Å²) < 4.78 is 3.66. The molecule has 0 radical (unpaired) electrons. The maximum absolute atomic E-state index is 12.1. The average molecular weight is 341 g/mol. The Hall–Kier alpha value is -2.54. The van der Waals surface area contributed by atoms with Crippen LogP contribution in [0.4, 0.5) is 0 Å². The minimum atomic E-state index is -0.0872. The van der Waals surface area contributed by atoms with Crippen LogP contribution in [0.2, 0.25) is 0 Å². The summed E-state index contributed by atoms with van der Waals surface area (Å²) in [5, 5.41) is 9.29. The fraction of sp³-hybridized carbons (Fsp3) is 0.235. The molecule has 0 aliphatic heterocycles. The van der Waals surface area contributed by atoms with Gasteiger partial charge < -0.3 is 0 Å². The van der Waals surface area contributed by atoms with Crippen LogP contribution >= 0.6 is 11.8 Å². The van der Waals surface area contributed by atoms with Gasteiger partial charge in [0.05, 0.1) is 5.75 Å². The fourth-order valence-electron chi connectivity index (χ4n) is 2.33. The Bertz CT molecular complexity index is 783. The minimum Gasteiger partial charge on any atom is -0.274 e. The van der Waals surface area contributed by atoms with Crippen LogP contribution in [-0.4, -0.2) is 31.1 Å². The first-order valence-electron chi connectivity index (χ1n) is 7.83. The zero-order valence-corrected chi connectivity index (χ0v) is 14.2. The molecule has 6 nitrogen and oxygen atoms in total. The van der Waals surface area contributed by atoms with Gasteiger partial charge in [-0.1, -0.05) is 36.9 Å². The van der Waals surface area contributed by atoms with Crippen molar-refractivity contribution in [3.63, 3.8) is 0 Å². The lowest BCUT2D eigenvalue weighted by Gasteiger charge is -2.10. The normalized spacial score (nSPS) is 10.7. The third-order valence-electron chi connectivity index (χ3n) is 3.38. The molecule has 24 heavy (non-hydrogen) atoms. The molecule has 7 heteroatoms. The van der Waals surface area contributed by atoms with Crippen LogP contribution in [-0.2, 0) is 11.2 Å². The van der Waals surface area contributed by atoms with Crippen molar-refractivity contribution in [1.82, 2.24) is 19.4 Å². The number of nitrogens with one attached hydrogen (secondary N) is 1. The molecule has 3 rings (SSSR count). The maximum Gasteiger partial charge on any atom is 0.249 e. The van der Waals surface area contributed by atoms with Gasteiger partial charge in [-0.05, 0) is 30.7 Å². The standard InChI is InChI=1S/C17H19N5OS/c1-2-8-15-18-19-17(22(15)14-9-4-3-5-10-14)24-13-16(23)20-21-11-6-7-12-21/h3-7,9-12H,2,8,13H2,1H3,(H,20,23).